The highest BCUT2D eigenvalue weighted by Crippen LogP contribution is 2.25. The summed E-state index contributed by atoms with van der Waals surface area (Å²) in [5.74, 6) is -0.0874. The molecule has 0 unspecified atom stereocenters. The number of carbonyl (C=O) groups is 3. The minimum absolute atomic E-state index is 0.0845. The summed E-state index contributed by atoms with van der Waals surface area (Å²) < 4.78 is 9.96. The molecule has 1 aromatic rings. The summed E-state index contributed by atoms with van der Waals surface area (Å²) in [4.78, 5) is 37.1. The average Bonchev–Trinajstić information content (AvgIpc) is 2.89. The third kappa shape index (κ3) is 2.59. The Morgan fingerprint density at radius 3 is 2.33 bits per heavy atom. The van der Waals surface area contributed by atoms with Crippen LogP contribution in [0.4, 0.5) is 16.2 Å². The minimum atomic E-state index is -0.724. The number of hydrogen-bond acceptors (Lipinski definition) is 5. The highest BCUT2D eigenvalue weighted by Gasteiger charge is 2.32. The van der Waals surface area contributed by atoms with Gasteiger partial charge >= 0.3 is 6.09 Å². The fourth-order valence-electron chi connectivity index (χ4n) is 2.37. The van der Waals surface area contributed by atoms with Gasteiger partial charge in [0.1, 0.15) is 6.61 Å². The predicted octanol–water partition coefficient (Wildman–Crippen LogP) is 0.574. The number of hydrogen-bond donors (Lipinski definition) is 0. The third-order valence-corrected chi connectivity index (χ3v) is 3.45. The van der Waals surface area contributed by atoms with Crippen molar-refractivity contribution in [2.45, 2.75) is 6.10 Å². The van der Waals surface area contributed by atoms with E-state index in [0.717, 1.165) is 5.69 Å². The Labute approximate surface area is 121 Å². The molecule has 7 nitrogen and oxygen atoms in total. The number of rotatable bonds is 3. The molecule has 2 amide bonds. The van der Waals surface area contributed by atoms with E-state index in [2.05, 4.69) is 0 Å². The lowest BCUT2D eigenvalue weighted by molar-refractivity contribution is -0.125. The monoisotopic (exact) mass is 290 g/mol. The number of aldehydes is 1. The Morgan fingerprint density at radius 1 is 1.10 bits per heavy atom. The maximum Gasteiger partial charge on any atom is 0.415 e. The molecule has 0 bridgehead atoms. The highest BCUT2D eigenvalue weighted by atomic mass is 16.6. The van der Waals surface area contributed by atoms with Gasteiger partial charge in [-0.2, -0.15) is 0 Å². The Hall–Kier alpha value is -2.41. The average molecular weight is 290 g/mol. The van der Waals surface area contributed by atoms with E-state index in [0.29, 0.717) is 25.1 Å². The summed E-state index contributed by atoms with van der Waals surface area (Å²) in [6.45, 7) is 1.31. The molecule has 1 aromatic carbocycles. The maximum absolute atomic E-state index is 11.7. The van der Waals surface area contributed by atoms with Crippen molar-refractivity contribution in [2.75, 3.05) is 36.1 Å². The third-order valence-electron chi connectivity index (χ3n) is 3.45. The van der Waals surface area contributed by atoms with Crippen LogP contribution in [0, 0.1) is 0 Å². The van der Waals surface area contributed by atoms with Crippen LogP contribution in [0.1, 0.15) is 0 Å². The summed E-state index contributed by atoms with van der Waals surface area (Å²) in [6.07, 6.45) is -0.654. The van der Waals surface area contributed by atoms with Gasteiger partial charge in [-0.25, -0.2) is 4.79 Å². The highest BCUT2D eigenvalue weighted by molar-refractivity contribution is 5.96. The lowest BCUT2D eigenvalue weighted by atomic mass is 10.2. The van der Waals surface area contributed by atoms with E-state index >= 15 is 0 Å². The van der Waals surface area contributed by atoms with Gasteiger partial charge in [-0.05, 0) is 24.3 Å². The molecule has 0 spiro atoms. The molecular formula is C14H14N2O5. The predicted molar refractivity (Wildman–Crippen MR) is 73.3 cm³/mol. The van der Waals surface area contributed by atoms with Crippen molar-refractivity contribution in [3.63, 3.8) is 0 Å². The fourth-order valence-corrected chi connectivity index (χ4v) is 2.37. The number of nitrogens with zero attached hydrogens (tertiary/aromatic N) is 2. The van der Waals surface area contributed by atoms with Crippen LogP contribution in [-0.2, 0) is 19.1 Å². The van der Waals surface area contributed by atoms with E-state index in [-0.39, 0.29) is 19.1 Å². The normalized spacial score (nSPS) is 22.4. The number of amides is 2. The van der Waals surface area contributed by atoms with Gasteiger partial charge in [0.05, 0.1) is 13.2 Å². The van der Waals surface area contributed by atoms with Gasteiger partial charge in [-0.15, -0.1) is 0 Å². The van der Waals surface area contributed by atoms with Crippen molar-refractivity contribution in [1.29, 1.82) is 0 Å². The Balaban J connectivity index is 1.76. The Bertz CT molecular complexity index is 571. The molecule has 1 atom stereocenters. The second-order valence-corrected chi connectivity index (χ2v) is 4.78. The maximum atomic E-state index is 11.7. The second kappa shape index (κ2) is 5.53. The second-order valence-electron chi connectivity index (χ2n) is 4.78. The first-order valence-electron chi connectivity index (χ1n) is 6.60. The lowest BCUT2D eigenvalue weighted by Gasteiger charge is -2.27. The van der Waals surface area contributed by atoms with Gasteiger partial charge in [-0.1, -0.05) is 0 Å². The molecule has 2 heterocycles. The van der Waals surface area contributed by atoms with Crippen LogP contribution < -0.4 is 9.80 Å². The van der Waals surface area contributed by atoms with Gasteiger partial charge in [0.15, 0.2) is 12.4 Å². The number of anilines is 2. The molecule has 2 fully saturated rings. The molecule has 0 radical (unpaired) electrons. The van der Waals surface area contributed by atoms with E-state index in [1.165, 1.54) is 4.90 Å². The van der Waals surface area contributed by atoms with Gasteiger partial charge < -0.3 is 14.4 Å². The van der Waals surface area contributed by atoms with Crippen molar-refractivity contribution < 1.29 is 23.9 Å². The topological polar surface area (TPSA) is 76.2 Å². The van der Waals surface area contributed by atoms with Crippen molar-refractivity contribution >= 4 is 29.7 Å². The number of carbonyl (C=O) groups excluding carboxylic acids is 3. The van der Waals surface area contributed by atoms with Crippen molar-refractivity contribution in [1.82, 2.24) is 0 Å². The minimum Gasteiger partial charge on any atom is -0.436 e. The summed E-state index contributed by atoms with van der Waals surface area (Å²) in [6, 6.07) is 6.99. The summed E-state index contributed by atoms with van der Waals surface area (Å²) >= 11 is 0. The Kier molecular flexibility index (Phi) is 3.57. The van der Waals surface area contributed by atoms with Gasteiger partial charge in [0, 0.05) is 17.9 Å². The zero-order chi connectivity index (χ0) is 14.8. The molecule has 0 aromatic heterocycles. The summed E-state index contributed by atoms with van der Waals surface area (Å²) in [7, 11) is 0. The first-order chi connectivity index (χ1) is 10.2. The first kappa shape index (κ1) is 13.6. The molecular weight excluding hydrogens is 276 g/mol. The standard InChI is InChI=1S/C14H14N2O5/c17-8-12-7-16(14(19)21-12)11-3-1-10(2-4-11)15-5-6-20-9-13(15)18/h1-4,8,12H,5-7,9H2/t12-/m1/s1. The fraction of sp³-hybridized carbons (Fsp3) is 0.357. The zero-order valence-electron chi connectivity index (χ0n) is 11.2. The molecule has 2 aliphatic heterocycles. The zero-order valence-corrected chi connectivity index (χ0v) is 11.2. The van der Waals surface area contributed by atoms with Crippen molar-refractivity contribution in [2.24, 2.45) is 0 Å². The van der Waals surface area contributed by atoms with Crippen LogP contribution in [0.5, 0.6) is 0 Å². The van der Waals surface area contributed by atoms with E-state index in [9.17, 15) is 14.4 Å². The molecule has 3 rings (SSSR count). The van der Waals surface area contributed by atoms with Gasteiger partial charge in [0.2, 0.25) is 0 Å². The van der Waals surface area contributed by atoms with Crippen LogP contribution in [0.25, 0.3) is 0 Å². The van der Waals surface area contributed by atoms with Crippen LogP contribution in [-0.4, -0.2) is 50.7 Å². The van der Waals surface area contributed by atoms with E-state index in [1.54, 1.807) is 29.2 Å². The van der Waals surface area contributed by atoms with Crippen LogP contribution in [0.3, 0.4) is 0 Å². The molecule has 0 N–H and O–H groups in total. The molecule has 7 heteroatoms. The summed E-state index contributed by atoms with van der Waals surface area (Å²) in [5.41, 5.74) is 1.39. The molecule has 2 aliphatic rings. The Morgan fingerprint density at radius 2 is 1.76 bits per heavy atom. The van der Waals surface area contributed by atoms with Crippen LogP contribution in [0.15, 0.2) is 24.3 Å². The number of ether oxygens (including phenoxy) is 2. The van der Waals surface area contributed by atoms with Crippen LogP contribution >= 0.6 is 0 Å². The van der Waals surface area contributed by atoms with E-state index in [4.69, 9.17) is 9.47 Å². The number of benzene rings is 1. The van der Waals surface area contributed by atoms with E-state index < -0.39 is 12.2 Å². The smallest absolute Gasteiger partial charge is 0.415 e. The number of cyclic esters (lactones) is 1. The SMILES string of the molecule is O=C[C@H]1CN(c2ccc(N3CCOCC3=O)cc2)C(=O)O1. The number of morpholine rings is 1. The summed E-state index contributed by atoms with van der Waals surface area (Å²) in [5, 5.41) is 0. The lowest BCUT2D eigenvalue weighted by Crippen LogP contribution is -2.41. The van der Waals surface area contributed by atoms with Gasteiger partial charge in [0.25, 0.3) is 5.91 Å². The van der Waals surface area contributed by atoms with Crippen molar-refractivity contribution in [3.05, 3.63) is 24.3 Å². The molecule has 0 aliphatic carbocycles. The molecule has 0 saturated carbocycles. The first-order valence-corrected chi connectivity index (χ1v) is 6.60. The van der Waals surface area contributed by atoms with Crippen LogP contribution in [0.2, 0.25) is 0 Å². The van der Waals surface area contributed by atoms with E-state index in [1.807, 2.05) is 0 Å². The molecule has 110 valence electrons. The van der Waals surface area contributed by atoms with Crippen molar-refractivity contribution in [3.8, 4) is 0 Å². The molecule has 21 heavy (non-hydrogen) atoms. The molecule has 2 saturated heterocycles. The van der Waals surface area contributed by atoms with Gasteiger partial charge in [-0.3, -0.25) is 14.5 Å². The quantitative estimate of drug-likeness (QED) is 0.761. The largest absolute Gasteiger partial charge is 0.436 e.